The fourth-order valence-electron chi connectivity index (χ4n) is 1.59. The summed E-state index contributed by atoms with van der Waals surface area (Å²) >= 11 is 0. The average molecular weight is 190 g/mol. The number of hydrogen-bond acceptors (Lipinski definition) is 4. The zero-order valence-electron chi connectivity index (χ0n) is 7.90. The minimum Gasteiger partial charge on any atom is -0.399 e. The summed E-state index contributed by atoms with van der Waals surface area (Å²) in [6, 6.07) is 8.11. The maximum atomic E-state index is 5.61. The number of guanidine groups is 1. The molecule has 1 heterocycles. The third-order valence-electron chi connectivity index (χ3n) is 2.36. The molecule has 0 spiro atoms. The van der Waals surface area contributed by atoms with E-state index in [0.29, 0.717) is 5.96 Å². The molecule has 1 aliphatic heterocycles. The quantitative estimate of drug-likeness (QED) is 0.568. The predicted molar refractivity (Wildman–Crippen MR) is 57.8 cm³/mol. The Kier molecular flexibility index (Phi) is 2.26. The smallest absolute Gasteiger partial charge is 0.189 e. The molecule has 1 aliphatic rings. The fourth-order valence-corrected chi connectivity index (χ4v) is 1.59. The number of rotatable bonds is 1. The van der Waals surface area contributed by atoms with Crippen LogP contribution in [0.2, 0.25) is 0 Å². The van der Waals surface area contributed by atoms with E-state index in [1.165, 1.54) is 5.56 Å². The normalized spacial score (nSPS) is 21.1. The second kappa shape index (κ2) is 3.57. The largest absolute Gasteiger partial charge is 0.399 e. The summed E-state index contributed by atoms with van der Waals surface area (Å²) in [7, 11) is 0. The van der Waals surface area contributed by atoms with Crippen molar-refractivity contribution in [3.63, 3.8) is 0 Å². The monoisotopic (exact) mass is 190 g/mol. The second-order valence-electron chi connectivity index (χ2n) is 3.42. The number of nitrogens with two attached hydrogens (primary N) is 2. The molecule has 4 nitrogen and oxygen atoms in total. The van der Waals surface area contributed by atoms with Crippen LogP contribution in [0.4, 0.5) is 5.69 Å². The third-order valence-corrected chi connectivity index (χ3v) is 2.36. The lowest BCUT2D eigenvalue weighted by molar-refractivity contribution is 0.569. The van der Waals surface area contributed by atoms with E-state index in [-0.39, 0.29) is 6.04 Å². The van der Waals surface area contributed by atoms with E-state index in [1.54, 1.807) is 0 Å². The summed E-state index contributed by atoms with van der Waals surface area (Å²) in [5, 5.41) is 3.14. The molecule has 0 aliphatic carbocycles. The van der Waals surface area contributed by atoms with Gasteiger partial charge in [0.2, 0.25) is 0 Å². The molecule has 1 aromatic carbocycles. The van der Waals surface area contributed by atoms with E-state index in [9.17, 15) is 0 Å². The molecular weight excluding hydrogens is 176 g/mol. The number of nitrogens with zero attached hydrogens (tertiary/aromatic N) is 1. The third kappa shape index (κ3) is 1.79. The first kappa shape index (κ1) is 8.87. The lowest BCUT2D eigenvalue weighted by atomic mass is 10.0. The molecular formula is C10H14N4. The average Bonchev–Trinajstić information content (AvgIpc) is 2.19. The van der Waals surface area contributed by atoms with Crippen LogP contribution in [0.3, 0.4) is 0 Å². The molecule has 0 radical (unpaired) electrons. The minimum atomic E-state index is 0.271. The molecule has 14 heavy (non-hydrogen) atoms. The summed E-state index contributed by atoms with van der Waals surface area (Å²) in [6.07, 6.45) is 0.977. The first-order valence-corrected chi connectivity index (χ1v) is 4.67. The van der Waals surface area contributed by atoms with E-state index >= 15 is 0 Å². The molecule has 4 heteroatoms. The summed E-state index contributed by atoms with van der Waals surface area (Å²) in [4.78, 5) is 4.08. The first-order valence-electron chi connectivity index (χ1n) is 4.67. The Labute approximate surface area is 83.0 Å². The second-order valence-corrected chi connectivity index (χ2v) is 3.42. The van der Waals surface area contributed by atoms with Gasteiger partial charge in [-0.15, -0.1) is 0 Å². The van der Waals surface area contributed by atoms with Crippen molar-refractivity contribution in [2.75, 3.05) is 12.3 Å². The molecule has 0 saturated heterocycles. The Morgan fingerprint density at radius 1 is 1.21 bits per heavy atom. The van der Waals surface area contributed by atoms with Crippen LogP contribution in [0, 0.1) is 0 Å². The van der Waals surface area contributed by atoms with Gasteiger partial charge in [-0.3, -0.25) is 4.99 Å². The van der Waals surface area contributed by atoms with Gasteiger partial charge in [0.1, 0.15) is 0 Å². The van der Waals surface area contributed by atoms with Crippen molar-refractivity contribution in [1.29, 1.82) is 0 Å². The molecule has 0 amide bonds. The lowest BCUT2D eigenvalue weighted by Crippen LogP contribution is -2.38. The summed E-state index contributed by atoms with van der Waals surface area (Å²) in [5.41, 5.74) is 13.2. The number of aliphatic imine (C=N–C) groups is 1. The topological polar surface area (TPSA) is 76.4 Å². The van der Waals surface area contributed by atoms with Crippen LogP contribution in [0.15, 0.2) is 29.3 Å². The van der Waals surface area contributed by atoms with Gasteiger partial charge < -0.3 is 16.8 Å². The van der Waals surface area contributed by atoms with Crippen LogP contribution in [-0.4, -0.2) is 12.5 Å². The van der Waals surface area contributed by atoms with E-state index < -0.39 is 0 Å². The van der Waals surface area contributed by atoms with Gasteiger partial charge in [-0.2, -0.15) is 0 Å². The van der Waals surface area contributed by atoms with Crippen molar-refractivity contribution < 1.29 is 0 Å². The van der Waals surface area contributed by atoms with E-state index in [1.807, 2.05) is 24.3 Å². The van der Waals surface area contributed by atoms with Crippen LogP contribution < -0.4 is 16.8 Å². The van der Waals surface area contributed by atoms with Gasteiger partial charge in [-0.1, -0.05) is 12.1 Å². The highest BCUT2D eigenvalue weighted by Crippen LogP contribution is 2.19. The van der Waals surface area contributed by atoms with Crippen molar-refractivity contribution in [2.45, 2.75) is 12.5 Å². The molecule has 1 unspecified atom stereocenters. The van der Waals surface area contributed by atoms with E-state index in [4.69, 9.17) is 11.5 Å². The molecule has 2 rings (SSSR count). The van der Waals surface area contributed by atoms with Crippen LogP contribution in [0.25, 0.3) is 0 Å². The molecule has 1 aromatic rings. The minimum absolute atomic E-state index is 0.271. The van der Waals surface area contributed by atoms with Crippen LogP contribution >= 0.6 is 0 Å². The van der Waals surface area contributed by atoms with Crippen molar-refractivity contribution in [1.82, 2.24) is 5.32 Å². The zero-order chi connectivity index (χ0) is 9.97. The molecule has 0 fully saturated rings. The van der Waals surface area contributed by atoms with Crippen LogP contribution in [0.1, 0.15) is 18.0 Å². The number of benzene rings is 1. The van der Waals surface area contributed by atoms with Crippen molar-refractivity contribution >= 4 is 11.6 Å². The van der Waals surface area contributed by atoms with Gasteiger partial charge in [0.25, 0.3) is 0 Å². The molecule has 1 atom stereocenters. The molecule has 0 saturated carbocycles. The SMILES string of the molecule is NC1=NCCC(c2ccc(N)cc2)N1. The van der Waals surface area contributed by atoms with Gasteiger partial charge in [0, 0.05) is 12.2 Å². The van der Waals surface area contributed by atoms with Gasteiger partial charge in [-0.25, -0.2) is 0 Å². The number of anilines is 1. The summed E-state index contributed by atoms with van der Waals surface area (Å²) < 4.78 is 0. The van der Waals surface area contributed by atoms with Crippen molar-refractivity contribution in [3.8, 4) is 0 Å². The zero-order valence-corrected chi connectivity index (χ0v) is 7.90. The molecule has 74 valence electrons. The van der Waals surface area contributed by atoms with Crippen LogP contribution in [-0.2, 0) is 0 Å². The highest BCUT2D eigenvalue weighted by molar-refractivity contribution is 5.78. The fraction of sp³-hybridized carbons (Fsp3) is 0.300. The standard InChI is InChI=1S/C10H14N4/c11-8-3-1-7(2-4-8)9-5-6-13-10(12)14-9/h1-4,9H,5-6,11H2,(H3,12,13,14). The number of nitrogen functional groups attached to an aromatic ring is 1. The highest BCUT2D eigenvalue weighted by Gasteiger charge is 2.14. The Bertz CT molecular complexity index is 342. The van der Waals surface area contributed by atoms with E-state index in [2.05, 4.69) is 10.3 Å². The predicted octanol–water partition coefficient (Wildman–Crippen LogP) is 0.618. The van der Waals surface area contributed by atoms with Gasteiger partial charge in [0.15, 0.2) is 5.96 Å². The molecule has 0 aromatic heterocycles. The van der Waals surface area contributed by atoms with Gasteiger partial charge in [-0.05, 0) is 24.1 Å². The van der Waals surface area contributed by atoms with Gasteiger partial charge in [0.05, 0.1) is 6.04 Å². The van der Waals surface area contributed by atoms with Crippen LogP contribution in [0.5, 0.6) is 0 Å². The summed E-state index contributed by atoms with van der Waals surface area (Å²) in [6.45, 7) is 0.786. The number of hydrogen-bond donors (Lipinski definition) is 3. The Balaban J connectivity index is 2.16. The molecule has 0 bridgehead atoms. The van der Waals surface area contributed by atoms with Crippen molar-refractivity contribution in [3.05, 3.63) is 29.8 Å². The van der Waals surface area contributed by atoms with Crippen molar-refractivity contribution in [2.24, 2.45) is 10.7 Å². The highest BCUT2D eigenvalue weighted by atomic mass is 15.1. The van der Waals surface area contributed by atoms with Gasteiger partial charge >= 0.3 is 0 Å². The maximum absolute atomic E-state index is 5.61. The first-order chi connectivity index (χ1) is 6.75. The Morgan fingerprint density at radius 3 is 2.57 bits per heavy atom. The Morgan fingerprint density at radius 2 is 1.93 bits per heavy atom. The Hall–Kier alpha value is -1.71. The number of nitrogens with one attached hydrogen (secondary N) is 1. The van der Waals surface area contributed by atoms with E-state index in [0.717, 1.165) is 18.7 Å². The summed E-state index contributed by atoms with van der Waals surface area (Å²) in [5.74, 6) is 0.526. The maximum Gasteiger partial charge on any atom is 0.189 e. The molecule has 5 N–H and O–H groups in total. The lowest BCUT2D eigenvalue weighted by Gasteiger charge is -2.22.